The highest BCUT2D eigenvalue weighted by Gasteiger charge is 2.29. The van der Waals surface area contributed by atoms with Gasteiger partial charge in [0.25, 0.3) is 5.91 Å². The van der Waals surface area contributed by atoms with Crippen molar-refractivity contribution in [3.8, 4) is 0 Å². The monoisotopic (exact) mass is 302 g/mol. The number of nitrogens with one attached hydrogen (secondary N) is 1. The Hall–Kier alpha value is -1.57. The molecule has 3 N–H and O–H groups in total. The molecule has 1 aromatic rings. The number of hydrogen-bond donors (Lipinski definition) is 2. The molecule has 1 saturated heterocycles. The lowest BCUT2D eigenvalue weighted by Crippen LogP contribution is -2.51. The molecule has 8 heteroatoms. The number of carbonyl (C=O) groups excluding carboxylic acids is 2. The second-order valence-electron chi connectivity index (χ2n) is 4.36. The Labute approximate surface area is 120 Å². The Morgan fingerprint density at radius 2 is 2.30 bits per heavy atom. The molecule has 2 atom stereocenters. The summed E-state index contributed by atoms with van der Waals surface area (Å²) in [6.45, 7) is 0.607. The van der Waals surface area contributed by atoms with E-state index in [1.807, 2.05) is 0 Å². The van der Waals surface area contributed by atoms with Crippen LogP contribution in [-0.2, 0) is 14.3 Å². The molecular formula is C12H15ClN2O5. The summed E-state index contributed by atoms with van der Waals surface area (Å²) < 4.78 is 15.7. The van der Waals surface area contributed by atoms with E-state index in [0.717, 1.165) is 0 Å². The Morgan fingerprint density at radius 3 is 2.95 bits per heavy atom. The molecule has 1 aromatic heterocycles. The molecule has 0 spiro atoms. The summed E-state index contributed by atoms with van der Waals surface area (Å²) in [7, 11) is 0. The summed E-state index contributed by atoms with van der Waals surface area (Å²) in [5.41, 5.74) is 5.04. The minimum absolute atomic E-state index is 0.106. The first-order valence-electron chi connectivity index (χ1n) is 6.10. The van der Waals surface area contributed by atoms with Gasteiger partial charge in [0, 0.05) is 6.61 Å². The number of rotatable bonds is 5. The van der Waals surface area contributed by atoms with E-state index in [9.17, 15) is 9.59 Å². The molecule has 0 bridgehead atoms. The number of amides is 2. The number of carbonyl (C=O) groups is 2. The lowest BCUT2D eigenvalue weighted by molar-refractivity contribution is -0.128. The fourth-order valence-corrected chi connectivity index (χ4v) is 2.06. The first-order chi connectivity index (χ1) is 9.56. The van der Waals surface area contributed by atoms with Crippen molar-refractivity contribution in [2.45, 2.75) is 18.6 Å². The molecule has 1 fully saturated rings. The van der Waals surface area contributed by atoms with Gasteiger partial charge in [-0.3, -0.25) is 9.59 Å². The Bertz CT molecular complexity index is 490. The first-order valence-corrected chi connectivity index (χ1v) is 6.48. The molecule has 20 heavy (non-hydrogen) atoms. The molecule has 7 nitrogen and oxygen atoms in total. The van der Waals surface area contributed by atoms with Gasteiger partial charge in [0.2, 0.25) is 5.91 Å². The standard InChI is InChI=1S/C12H15ClN2O5/c13-10-2-1-9(20-10)12(17)15-7-5-18-4-3-8(7)19-6-11(14)16/h1-2,7-8H,3-6H2,(H2,14,16)(H,15,17)/t7-,8+/m1/s1. The molecule has 2 rings (SSSR count). The number of ether oxygens (including phenoxy) is 2. The van der Waals surface area contributed by atoms with E-state index in [1.165, 1.54) is 12.1 Å². The van der Waals surface area contributed by atoms with Gasteiger partial charge in [0.1, 0.15) is 6.61 Å². The Kier molecular flexibility index (Phi) is 4.99. The fraction of sp³-hybridized carbons (Fsp3) is 0.500. The van der Waals surface area contributed by atoms with Crippen molar-refractivity contribution in [1.29, 1.82) is 0 Å². The van der Waals surface area contributed by atoms with Crippen molar-refractivity contribution in [2.75, 3.05) is 19.8 Å². The van der Waals surface area contributed by atoms with E-state index in [2.05, 4.69) is 5.32 Å². The van der Waals surface area contributed by atoms with Crippen LogP contribution < -0.4 is 11.1 Å². The SMILES string of the molecule is NC(=O)CO[C@H]1CCOC[C@H]1NC(=O)c1ccc(Cl)o1. The van der Waals surface area contributed by atoms with Gasteiger partial charge in [-0.25, -0.2) is 0 Å². The van der Waals surface area contributed by atoms with E-state index in [1.54, 1.807) is 0 Å². The van der Waals surface area contributed by atoms with E-state index in [4.69, 9.17) is 31.2 Å². The molecule has 1 aliphatic heterocycles. The normalized spacial score (nSPS) is 22.4. The van der Waals surface area contributed by atoms with Crippen LogP contribution in [0.1, 0.15) is 17.0 Å². The Balaban J connectivity index is 1.94. The van der Waals surface area contributed by atoms with Gasteiger partial charge in [0.05, 0.1) is 18.8 Å². The van der Waals surface area contributed by atoms with Crippen molar-refractivity contribution in [3.05, 3.63) is 23.1 Å². The predicted molar refractivity (Wildman–Crippen MR) is 69.3 cm³/mol. The molecule has 0 radical (unpaired) electrons. The van der Waals surface area contributed by atoms with E-state index in [0.29, 0.717) is 19.6 Å². The third-order valence-corrected chi connectivity index (χ3v) is 3.05. The number of hydrogen-bond acceptors (Lipinski definition) is 5. The van der Waals surface area contributed by atoms with E-state index < -0.39 is 11.8 Å². The highest BCUT2D eigenvalue weighted by Crippen LogP contribution is 2.15. The zero-order valence-corrected chi connectivity index (χ0v) is 11.4. The van der Waals surface area contributed by atoms with Crippen LogP contribution in [0.2, 0.25) is 5.22 Å². The zero-order valence-electron chi connectivity index (χ0n) is 10.6. The minimum atomic E-state index is -0.556. The van der Waals surface area contributed by atoms with E-state index in [-0.39, 0.29) is 29.7 Å². The third kappa shape index (κ3) is 3.96. The maximum absolute atomic E-state index is 11.9. The molecule has 0 aliphatic carbocycles. The van der Waals surface area contributed by atoms with Crippen LogP contribution in [0.3, 0.4) is 0 Å². The second-order valence-corrected chi connectivity index (χ2v) is 4.74. The summed E-state index contributed by atoms with van der Waals surface area (Å²) in [6.07, 6.45) is 0.238. The topological polar surface area (TPSA) is 104 Å². The maximum atomic E-state index is 11.9. The van der Waals surface area contributed by atoms with Crippen LogP contribution in [0.5, 0.6) is 0 Å². The van der Waals surface area contributed by atoms with Gasteiger partial charge >= 0.3 is 0 Å². The number of halogens is 1. The van der Waals surface area contributed by atoms with Crippen LogP contribution in [0.15, 0.2) is 16.5 Å². The van der Waals surface area contributed by atoms with Crippen molar-refractivity contribution >= 4 is 23.4 Å². The summed E-state index contributed by atoms with van der Waals surface area (Å²) in [4.78, 5) is 22.7. The van der Waals surface area contributed by atoms with Crippen molar-refractivity contribution in [1.82, 2.24) is 5.32 Å². The van der Waals surface area contributed by atoms with Crippen LogP contribution in [-0.4, -0.2) is 43.8 Å². The number of furan rings is 1. The van der Waals surface area contributed by atoms with Crippen molar-refractivity contribution in [3.63, 3.8) is 0 Å². The average Bonchev–Trinajstić information content (AvgIpc) is 2.84. The molecule has 2 amide bonds. The van der Waals surface area contributed by atoms with Gasteiger partial charge in [-0.05, 0) is 30.2 Å². The van der Waals surface area contributed by atoms with Gasteiger partial charge in [-0.1, -0.05) is 0 Å². The summed E-state index contributed by atoms with van der Waals surface area (Å²) in [6, 6.07) is 2.58. The van der Waals surface area contributed by atoms with Crippen LogP contribution >= 0.6 is 11.6 Å². The van der Waals surface area contributed by atoms with Gasteiger partial charge in [-0.15, -0.1) is 0 Å². The second kappa shape index (κ2) is 6.74. The molecular weight excluding hydrogens is 288 g/mol. The molecule has 2 heterocycles. The average molecular weight is 303 g/mol. The summed E-state index contributed by atoms with van der Waals surface area (Å²) in [5.74, 6) is -0.867. The molecule has 0 aromatic carbocycles. The van der Waals surface area contributed by atoms with E-state index >= 15 is 0 Å². The zero-order chi connectivity index (χ0) is 14.5. The third-order valence-electron chi connectivity index (χ3n) is 2.85. The summed E-state index contributed by atoms with van der Waals surface area (Å²) in [5, 5.41) is 2.86. The molecule has 0 unspecified atom stereocenters. The number of primary amides is 1. The first kappa shape index (κ1) is 14.8. The highest BCUT2D eigenvalue weighted by atomic mass is 35.5. The van der Waals surface area contributed by atoms with Gasteiger partial charge in [0.15, 0.2) is 11.0 Å². The fourth-order valence-electron chi connectivity index (χ4n) is 1.92. The molecule has 0 saturated carbocycles. The van der Waals surface area contributed by atoms with Crippen molar-refractivity contribution < 1.29 is 23.5 Å². The van der Waals surface area contributed by atoms with Crippen LogP contribution in [0, 0.1) is 0 Å². The quantitative estimate of drug-likeness (QED) is 0.815. The molecule has 1 aliphatic rings. The highest BCUT2D eigenvalue weighted by molar-refractivity contribution is 6.29. The summed E-state index contributed by atoms with van der Waals surface area (Å²) >= 11 is 5.61. The lowest BCUT2D eigenvalue weighted by atomic mass is 10.1. The van der Waals surface area contributed by atoms with Crippen molar-refractivity contribution in [2.24, 2.45) is 5.73 Å². The minimum Gasteiger partial charge on any atom is -0.440 e. The van der Waals surface area contributed by atoms with Gasteiger partial charge in [-0.2, -0.15) is 0 Å². The number of nitrogens with two attached hydrogens (primary N) is 1. The van der Waals surface area contributed by atoms with Gasteiger partial charge < -0.3 is 24.9 Å². The smallest absolute Gasteiger partial charge is 0.287 e. The largest absolute Gasteiger partial charge is 0.440 e. The Morgan fingerprint density at radius 1 is 1.50 bits per heavy atom. The maximum Gasteiger partial charge on any atom is 0.287 e. The van der Waals surface area contributed by atoms with Crippen LogP contribution in [0.25, 0.3) is 0 Å². The molecule has 110 valence electrons. The lowest BCUT2D eigenvalue weighted by Gasteiger charge is -2.31. The van der Waals surface area contributed by atoms with Crippen LogP contribution in [0.4, 0.5) is 0 Å². The predicted octanol–water partition coefficient (Wildman–Crippen LogP) is 0.322.